The zero-order valence-electron chi connectivity index (χ0n) is 11.8. The monoisotopic (exact) mass is 263 g/mol. The Labute approximate surface area is 116 Å². The van der Waals surface area contributed by atoms with Crippen LogP contribution in [-0.2, 0) is 0 Å². The van der Waals surface area contributed by atoms with E-state index < -0.39 is 6.10 Å². The molecular formula is C16H25NO2. The van der Waals surface area contributed by atoms with Gasteiger partial charge in [0, 0.05) is 6.54 Å². The van der Waals surface area contributed by atoms with E-state index in [1.54, 1.807) is 0 Å². The van der Waals surface area contributed by atoms with Gasteiger partial charge in [-0.05, 0) is 43.5 Å². The number of benzene rings is 1. The summed E-state index contributed by atoms with van der Waals surface area (Å²) < 4.78 is 5.88. The molecule has 0 radical (unpaired) electrons. The van der Waals surface area contributed by atoms with Crippen LogP contribution in [0.1, 0.15) is 43.8 Å². The first-order valence-electron chi connectivity index (χ1n) is 7.35. The Hall–Kier alpha value is -1.06. The first kappa shape index (κ1) is 14.4. The van der Waals surface area contributed by atoms with Crippen molar-refractivity contribution >= 4 is 0 Å². The minimum absolute atomic E-state index is 0.469. The number of aliphatic hydroxyl groups excluding tert-OH is 1. The average molecular weight is 263 g/mol. The number of nitrogens with one attached hydrogen (secondary N) is 1. The molecular weight excluding hydrogens is 238 g/mol. The predicted octanol–water partition coefficient (Wildman–Crippen LogP) is 2.90. The first-order chi connectivity index (χ1) is 9.29. The molecule has 0 spiro atoms. The minimum atomic E-state index is -0.469. The van der Waals surface area contributed by atoms with Crippen LogP contribution in [0.3, 0.4) is 0 Å². The number of likely N-dealkylation sites (N-methyl/N-ethyl adjacent to an activating group) is 1. The van der Waals surface area contributed by atoms with E-state index in [1.807, 2.05) is 31.3 Å². The fraction of sp³-hybridized carbons (Fsp3) is 0.625. The second-order valence-corrected chi connectivity index (χ2v) is 5.46. The maximum atomic E-state index is 9.94. The van der Waals surface area contributed by atoms with Gasteiger partial charge in [-0.3, -0.25) is 0 Å². The average Bonchev–Trinajstić information content (AvgIpc) is 2.47. The Morgan fingerprint density at radius 2 is 2.11 bits per heavy atom. The van der Waals surface area contributed by atoms with E-state index in [-0.39, 0.29) is 0 Å². The van der Waals surface area contributed by atoms with Crippen molar-refractivity contribution in [3.05, 3.63) is 29.8 Å². The van der Waals surface area contributed by atoms with Crippen molar-refractivity contribution in [3.63, 3.8) is 0 Å². The summed E-state index contributed by atoms with van der Waals surface area (Å²) in [4.78, 5) is 0. The quantitative estimate of drug-likeness (QED) is 0.829. The van der Waals surface area contributed by atoms with E-state index in [4.69, 9.17) is 4.74 Å². The lowest BCUT2D eigenvalue weighted by Crippen LogP contribution is -2.17. The highest BCUT2D eigenvalue weighted by atomic mass is 16.5. The lowest BCUT2D eigenvalue weighted by atomic mass is 9.90. The van der Waals surface area contributed by atoms with Gasteiger partial charge in [-0.15, -0.1) is 0 Å². The molecule has 0 aliphatic heterocycles. The highest BCUT2D eigenvalue weighted by molar-refractivity contribution is 5.30. The molecule has 2 rings (SSSR count). The summed E-state index contributed by atoms with van der Waals surface area (Å²) in [5, 5.41) is 12.9. The van der Waals surface area contributed by atoms with Crippen LogP contribution in [0.4, 0.5) is 0 Å². The third-order valence-electron chi connectivity index (χ3n) is 3.85. The van der Waals surface area contributed by atoms with Crippen LogP contribution in [0.5, 0.6) is 5.75 Å². The smallest absolute Gasteiger partial charge is 0.119 e. The minimum Gasteiger partial charge on any atom is -0.493 e. The van der Waals surface area contributed by atoms with E-state index in [9.17, 15) is 5.11 Å². The van der Waals surface area contributed by atoms with Crippen molar-refractivity contribution in [1.82, 2.24) is 5.32 Å². The predicted molar refractivity (Wildman–Crippen MR) is 77.4 cm³/mol. The fourth-order valence-electron chi connectivity index (χ4n) is 2.69. The van der Waals surface area contributed by atoms with Gasteiger partial charge in [-0.2, -0.15) is 0 Å². The molecule has 0 heterocycles. The second kappa shape index (κ2) is 7.51. The molecule has 106 valence electrons. The fourth-order valence-corrected chi connectivity index (χ4v) is 2.69. The molecule has 1 atom stereocenters. The van der Waals surface area contributed by atoms with Crippen LogP contribution in [0.25, 0.3) is 0 Å². The molecule has 1 aliphatic rings. The molecule has 1 aliphatic carbocycles. The Morgan fingerprint density at radius 3 is 2.84 bits per heavy atom. The molecule has 1 aromatic rings. The largest absolute Gasteiger partial charge is 0.493 e. The van der Waals surface area contributed by atoms with Gasteiger partial charge in [0.2, 0.25) is 0 Å². The van der Waals surface area contributed by atoms with Crippen LogP contribution >= 0.6 is 0 Å². The lowest BCUT2D eigenvalue weighted by Gasteiger charge is -2.22. The van der Waals surface area contributed by atoms with E-state index in [0.29, 0.717) is 12.5 Å². The third-order valence-corrected chi connectivity index (χ3v) is 3.85. The highest BCUT2D eigenvalue weighted by Crippen LogP contribution is 2.25. The van der Waals surface area contributed by atoms with Gasteiger partial charge in [0.25, 0.3) is 0 Å². The highest BCUT2D eigenvalue weighted by Gasteiger charge is 2.14. The molecule has 0 saturated heterocycles. The molecule has 19 heavy (non-hydrogen) atoms. The number of hydrogen-bond donors (Lipinski definition) is 2. The summed E-state index contributed by atoms with van der Waals surface area (Å²) in [5.41, 5.74) is 0.912. The SMILES string of the molecule is CNCC(O)c1cccc(OCC2CCCCC2)c1. The van der Waals surface area contributed by atoms with E-state index in [2.05, 4.69) is 5.32 Å². The molecule has 1 aromatic carbocycles. The summed E-state index contributed by atoms with van der Waals surface area (Å²) in [5.74, 6) is 1.58. The van der Waals surface area contributed by atoms with Crippen LogP contribution in [0.15, 0.2) is 24.3 Å². The van der Waals surface area contributed by atoms with Gasteiger partial charge in [0.15, 0.2) is 0 Å². The topological polar surface area (TPSA) is 41.5 Å². The molecule has 2 N–H and O–H groups in total. The van der Waals surface area contributed by atoms with E-state index >= 15 is 0 Å². The molecule has 1 saturated carbocycles. The van der Waals surface area contributed by atoms with Gasteiger partial charge in [0.05, 0.1) is 12.7 Å². The Balaban J connectivity index is 1.87. The normalized spacial score (nSPS) is 18.2. The molecule has 0 amide bonds. The van der Waals surface area contributed by atoms with Crippen LogP contribution in [-0.4, -0.2) is 25.3 Å². The van der Waals surface area contributed by atoms with Crippen molar-refractivity contribution in [3.8, 4) is 5.75 Å². The number of aliphatic hydroxyl groups is 1. The van der Waals surface area contributed by atoms with Gasteiger partial charge in [-0.1, -0.05) is 31.4 Å². The number of ether oxygens (including phenoxy) is 1. The summed E-state index contributed by atoms with van der Waals surface area (Å²) in [6, 6.07) is 7.81. The van der Waals surface area contributed by atoms with Crippen LogP contribution < -0.4 is 10.1 Å². The molecule has 0 aromatic heterocycles. The maximum absolute atomic E-state index is 9.94. The maximum Gasteiger partial charge on any atom is 0.119 e. The number of hydrogen-bond acceptors (Lipinski definition) is 3. The van der Waals surface area contributed by atoms with Gasteiger partial charge in [-0.25, -0.2) is 0 Å². The van der Waals surface area contributed by atoms with Crippen LogP contribution in [0.2, 0.25) is 0 Å². The molecule has 0 bridgehead atoms. The zero-order valence-corrected chi connectivity index (χ0v) is 11.8. The Bertz CT molecular complexity index is 375. The molecule has 1 fully saturated rings. The second-order valence-electron chi connectivity index (χ2n) is 5.46. The van der Waals surface area contributed by atoms with Gasteiger partial charge < -0.3 is 15.2 Å². The third kappa shape index (κ3) is 4.51. The molecule has 3 nitrogen and oxygen atoms in total. The number of rotatable bonds is 6. The first-order valence-corrected chi connectivity index (χ1v) is 7.35. The Kier molecular flexibility index (Phi) is 5.67. The zero-order chi connectivity index (χ0) is 13.5. The molecule has 1 unspecified atom stereocenters. The van der Waals surface area contributed by atoms with Crippen LogP contribution in [0, 0.1) is 5.92 Å². The standard InChI is InChI=1S/C16H25NO2/c1-17-11-16(18)14-8-5-9-15(10-14)19-12-13-6-3-2-4-7-13/h5,8-10,13,16-18H,2-4,6-7,11-12H2,1H3. The lowest BCUT2D eigenvalue weighted by molar-refractivity contribution is 0.176. The summed E-state index contributed by atoms with van der Waals surface area (Å²) in [7, 11) is 1.84. The van der Waals surface area contributed by atoms with Gasteiger partial charge >= 0.3 is 0 Å². The summed E-state index contributed by atoms with van der Waals surface area (Å²) in [6.07, 6.45) is 6.18. The summed E-state index contributed by atoms with van der Waals surface area (Å²) >= 11 is 0. The molecule has 3 heteroatoms. The van der Waals surface area contributed by atoms with Crippen molar-refractivity contribution in [2.45, 2.75) is 38.2 Å². The Morgan fingerprint density at radius 1 is 1.32 bits per heavy atom. The van der Waals surface area contributed by atoms with Crippen molar-refractivity contribution in [1.29, 1.82) is 0 Å². The van der Waals surface area contributed by atoms with Crippen molar-refractivity contribution < 1.29 is 9.84 Å². The van der Waals surface area contributed by atoms with Gasteiger partial charge in [0.1, 0.15) is 5.75 Å². The van der Waals surface area contributed by atoms with E-state index in [1.165, 1.54) is 32.1 Å². The van der Waals surface area contributed by atoms with Crippen molar-refractivity contribution in [2.75, 3.05) is 20.2 Å². The van der Waals surface area contributed by atoms with Crippen molar-refractivity contribution in [2.24, 2.45) is 5.92 Å². The van der Waals surface area contributed by atoms with E-state index in [0.717, 1.165) is 17.9 Å². The summed E-state index contributed by atoms with van der Waals surface area (Å²) in [6.45, 7) is 1.37.